The average molecular weight is 393 g/mol. The van der Waals surface area contributed by atoms with Crippen molar-refractivity contribution in [1.82, 2.24) is 24.9 Å². The van der Waals surface area contributed by atoms with Crippen molar-refractivity contribution in [2.45, 2.75) is 13.0 Å². The van der Waals surface area contributed by atoms with Crippen LogP contribution in [0.25, 0.3) is 0 Å². The predicted molar refractivity (Wildman–Crippen MR) is 109 cm³/mol. The third-order valence-corrected chi connectivity index (χ3v) is 6.06. The Morgan fingerprint density at radius 3 is 2.59 bits per heavy atom. The molecule has 7 heteroatoms. The summed E-state index contributed by atoms with van der Waals surface area (Å²) in [6, 6.07) is 9.98. The summed E-state index contributed by atoms with van der Waals surface area (Å²) in [5, 5.41) is 7.59. The van der Waals surface area contributed by atoms with Crippen LogP contribution in [0.4, 0.5) is 0 Å². The molecular weight excluding hydrogens is 366 g/mol. The fraction of sp³-hybridized carbons (Fsp3) is 0.455. The van der Waals surface area contributed by atoms with Gasteiger partial charge in [-0.15, -0.1) is 0 Å². The highest BCUT2D eigenvalue weighted by atomic mass is 16.2. The number of benzene rings is 1. The Morgan fingerprint density at radius 2 is 1.90 bits per heavy atom. The van der Waals surface area contributed by atoms with E-state index in [9.17, 15) is 9.59 Å². The summed E-state index contributed by atoms with van der Waals surface area (Å²) in [6.07, 6.45) is 3.06. The number of nitrogens with zero attached hydrogens (tertiary/aromatic N) is 5. The van der Waals surface area contributed by atoms with E-state index >= 15 is 0 Å². The molecule has 7 nitrogen and oxygen atoms in total. The zero-order valence-electron chi connectivity index (χ0n) is 17.2. The summed E-state index contributed by atoms with van der Waals surface area (Å²) < 4.78 is 0. The first kappa shape index (κ1) is 19.5. The minimum absolute atomic E-state index is 0.00187. The van der Waals surface area contributed by atoms with Gasteiger partial charge in [-0.2, -0.15) is 10.2 Å². The van der Waals surface area contributed by atoms with Crippen molar-refractivity contribution < 1.29 is 9.59 Å². The van der Waals surface area contributed by atoms with Gasteiger partial charge in [-0.05, 0) is 38.2 Å². The van der Waals surface area contributed by atoms with Crippen molar-refractivity contribution in [1.29, 1.82) is 0 Å². The van der Waals surface area contributed by atoms with Gasteiger partial charge in [0, 0.05) is 31.5 Å². The number of aromatic nitrogens is 2. The number of carbonyl (C=O) groups excluding carboxylic acids is 2. The molecule has 0 unspecified atom stereocenters. The summed E-state index contributed by atoms with van der Waals surface area (Å²) in [6.45, 7) is 4.50. The molecular formula is C22H27N5O2. The molecule has 2 aromatic rings. The molecule has 0 bridgehead atoms. The maximum absolute atomic E-state index is 13.0. The second-order valence-corrected chi connectivity index (χ2v) is 8.35. The summed E-state index contributed by atoms with van der Waals surface area (Å²) in [7, 11) is 3.83. The third kappa shape index (κ3) is 3.74. The van der Waals surface area contributed by atoms with Crippen molar-refractivity contribution in [2.75, 3.05) is 40.3 Å². The van der Waals surface area contributed by atoms with Crippen LogP contribution < -0.4 is 0 Å². The lowest BCUT2D eigenvalue weighted by Crippen LogP contribution is -2.41. The monoisotopic (exact) mass is 393 g/mol. The van der Waals surface area contributed by atoms with Crippen molar-refractivity contribution in [3.8, 4) is 0 Å². The van der Waals surface area contributed by atoms with Crippen LogP contribution in [0.3, 0.4) is 0 Å². The maximum atomic E-state index is 13.0. The molecule has 2 fully saturated rings. The normalized spacial score (nSPS) is 23.5. The first-order valence-corrected chi connectivity index (χ1v) is 10.0. The van der Waals surface area contributed by atoms with Gasteiger partial charge >= 0.3 is 0 Å². The van der Waals surface area contributed by atoms with Crippen LogP contribution in [0.1, 0.15) is 27.5 Å². The molecule has 3 atom stereocenters. The van der Waals surface area contributed by atoms with Crippen LogP contribution >= 0.6 is 0 Å². The minimum atomic E-state index is -0.0102. The van der Waals surface area contributed by atoms with E-state index in [1.165, 1.54) is 17.3 Å². The molecule has 0 radical (unpaired) electrons. The Morgan fingerprint density at radius 1 is 1.10 bits per heavy atom. The van der Waals surface area contributed by atoms with Crippen LogP contribution in [0.15, 0.2) is 42.7 Å². The van der Waals surface area contributed by atoms with E-state index in [-0.39, 0.29) is 29.7 Å². The quantitative estimate of drug-likeness (QED) is 0.790. The van der Waals surface area contributed by atoms with Gasteiger partial charge in [0.25, 0.3) is 5.91 Å². The Hall–Kier alpha value is -2.80. The molecule has 0 aliphatic carbocycles. The summed E-state index contributed by atoms with van der Waals surface area (Å²) >= 11 is 0. The zero-order chi connectivity index (χ0) is 20.5. The number of amides is 2. The van der Waals surface area contributed by atoms with Gasteiger partial charge in [0.1, 0.15) is 0 Å². The first-order chi connectivity index (χ1) is 14.0. The Labute approximate surface area is 171 Å². The summed E-state index contributed by atoms with van der Waals surface area (Å²) in [4.78, 5) is 31.8. The number of hydrogen-bond acceptors (Lipinski definition) is 5. The van der Waals surface area contributed by atoms with E-state index in [1.54, 1.807) is 12.3 Å². The molecule has 2 amide bonds. The first-order valence-electron chi connectivity index (χ1n) is 10.0. The standard InChI is InChI=1S/C22H27N5O2/c1-15-6-4-5-7-18(15)21-19-13-26(22(29)16-8-9-23-24-10-16)11-17(19)12-27(21)20(28)14-25(2)3/h4-10,17,19,21H,11-14H2,1-3H3/t17-,19-,21+/m1/s1. The number of rotatable bonds is 4. The van der Waals surface area contributed by atoms with E-state index < -0.39 is 0 Å². The third-order valence-electron chi connectivity index (χ3n) is 6.06. The molecule has 3 heterocycles. The predicted octanol–water partition coefficient (Wildman–Crippen LogP) is 1.62. The number of fused-ring (bicyclic) bond motifs is 1. The van der Waals surface area contributed by atoms with Crippen LogP contribution in [0.2, 0.25) is 0 Å². The molecule has 2 aliphatic rings. The van der Waals surface area contributed by atoms with E-state index in [1.807, 2.05) is 40.9 Å². The summed E-state index contributed by atoms with van der Waals surface area (Å²) in [5.41, 5.74) is 2.93. The van der Waals surface area contributed by atoms with Crippen LogP contribution in [-0.4, -0.2) is 77.0 Å². The fourth-order valence-corrected chi connectivity index (χ4v) is 4.75. The van der Waals surface area contributed by atoms with Gasteiger partial charge in [-0.25, -0.2) is 0 Å². The highest BCUT2D eigenvalue weighted by Crippen LogP contribution is 2.46. The number of carbonyl (C=O) groups is 2. The number of aryl methyl sites for hydroxylation is 1. The van der Waals surface area contributed by atoms with Crippen molar-refractivity contribution in [2.24, 2.45) is 11.8 Å². The average Bonchev–Trinajstić information content (AvgIpc) is 3.26. The van der Waals surface area contributed by atoms with E-state index in [4.69, 9.17) is 0 Å². The number of hydrogen-bond donors (Lipinski definition) is 0. The Balaban J connectivity index is 1.61. The van der Waals surface area contributed by atoms with Gasteiger partial charge in [-0.3, -0.25) is 9.59 Å². The SMILES string of the molecule is Cc1ccccc1[C@H]1[C@@H]2CN(C(=O)c3ccnnc3)C[C@@H]2CN1C(=O)CN(C)C. The van der Waals surface area contributed by atoms with Crippen LogP contribution in [0, 0.1) is 18.8 Å². The van der Waals surface area contributed by atoms with E-state index in [0.717, 1.165) is 0 Å². The molecule has 2 saturated heterocycles. The lowest BCUT2D eigenvalue weighted by molar-refractivity contribution is -0.133. The second kappa shape index (κ2) is 7.91. The van der Waals surface area contributed by atoms with Gasteiger partial charge in [0.15, 0.2) is 0 Å². The molecule has 2 aliphatic heterocycles. The maximum Gasteiger partial charge on any atom is 0.255 e. The zero-order valence-corrected chi connectivity index (χ0v) is 17.2. The molecule has 4 rings (SSSR count). The van der Waals surface area contributed by atoms with Crippen molar-refractivity contribution in [3.05, 3.63) is 59.4 Å². The highest BCUT2D eigenvalue weighted by molar-refractivity contribution is 5.94. The number of likely N-dealkylation sites (tertiary alicyclic amines) is 2. The van der Waals surface area contributed by atoms with Crippen molar-refractivity contribution in [3.63, 3.8) is 0 Å². The van der Waals surface area contributed by atoms with Gasteiger partial charge in [-0.1, -0.05) is 24.3 Å². The lowest BCUT2D eigenvalue weighted by atomic mass is 9.87. The van der Waals surface area contributed by atoms with Crippen LogP contribution in [0.5, 0.6) is 0 Å². The summed E-state index contributed by atoms with van der Waals surface area (Å²) in [5.74, 6) is 0.656. The molecule has 152 valence electrons. The lowest BCUT2D eigenvalue weighted by Gasteiger charge is -2.31. The van der Waals surface area contributed by atoms with E-state index in [2.05, 4.69) is 29.3 Å². The molecule has 0 saturated carbocycles. The fourth-order valence-electron chi connectivity index (χ4n) is 4.75. The minimum Gasteiger partial charge on any atom is -0.338 e. The van der Waals surface area contributed by atoms with Gasteiger partial charge in [0.2, 0.25) is 5.91 Å². The molecule has 0 N–H and O–H groups in total. The van der Waals surface area contributed by atoms with E-state index in [0.29, 0.717) is 31.7 Å². The van der Waals surface area contributed by atoms with Gasteiger partial charge in [0.05, 0.1) is 30.5 Å². The van der Waals surface area contributed by atoms with Gasteiger partial charge < -0.3 is 14.7 Å². The second-order valence-electron chi connectivity index (χ2n) is 8.35. The molecule has 1 aromatic heterocycles. The largest absolute Gasteiger partial charge is 0.338 e. The molecule has 29 heavy (non-hydrogen) atoms. The topological polar surface area (TPSA) is 69.6 Å². The molecule has 1 aromatic carbocycles. The Kier molecular flexibility index (Phi) is 5.32. The Bertz CT molecular complexity index is 901. The highest BCUT2D eigenvalue weighted by Gasteiger charge is 2.50. The van der Waals surface area contributed by atoms with Crippen molar-refractivity contribution >= 4 is 11.8 Å². The van der Waals surface area contributed by atoms with Crippen LogP contribution in [-0.2, 0) is 4.79 Å². The molecule has 0 spiro atoms. The number of likely N-dealkylation sites (N-methyl/N-ethyl adjacent to an activating group) is 1. The smallest absolute Gasteiger partial charge is 0.255 e.